The molecule has 4 nitrogen and oxygen atoms in total. The minimum absolute atomic E-state index is 0.107. The van der Waals surface area contributed by atoms with E-state index in [0.29, 0.717) is 6.42 Å². The molecule has 0 aliphatic rings. The van der Waals surface area contributed by atoms with E-state index in [1.165, 1.54) is 5.56 Å². The first-order valence-electron chi connectivity index (χ1n) is 7.47. The summed E-state index contributed by atoms with van der Waals surface area (Å²) in [7, 11) is 0. The maximum atomic E-state index is 12.0. The van der Waals surface area contributed by atoms with Crippen molar-refractivity contribution in [2.75, 3.05) is 30.4 Å². The monoisotopic (exact) mass is 309 g/mol. The molecular formula is C16H27N3OS. The van der Waals surface area contributed by atoms with E-state index < -0.39 is 6.04 Å². The third-order valence-electron chi connectivity index (χ3n) is 3.46. The first-order valence-corrected chi connectivity index (χ1v) is 8.86. The van der Waals surface area contributed by atoms with E-state index >= 15 is 0 Å². The Balaban J connectivity index is 2.61. The van der Waals surface area contributed by atoms with E-state index in [1.807, 2.05) is 24.5 Å². The summed E-state index contributed by atoms with van der Waals surface area (Å²) < 4.78 is 0. The lowest BCUT2D eigenvalue weighted by molar-refractivity contribution is -0.117. The number of benzene rings is 1. The lowest BCUT2D eigenvalue weighted by atomic mass is 10.1. The number of nitrogens with one attached hydrogen (secondary N) is 1. The second kappa shape index (κ2) is 9.82. The van der Waals surface area contributed by atoms with Gasteiger partial charge >= 0.3 is 0 Å². The van der Waals surface area contributed by atoms with Gasteiger partial charge in [-0.2, -0.15) is 11.8 Å². The summed E-state index contributed by atoms with van der Waals surface area (Å²) in [6, 6.07) is 7.55. The van der Waals surface area contributed by atoms with Crippen molar-refractivity contribution in [2.24, 2.45) is 5.73 Å². The highest BCUT2D eigenvalue weighted by Gasteiger charge is 2.13. The summed E-state index contributed by atoms with van der Waals surface area (Å²) >= 11 is 1.70. The number of nitrogens with zero attached hydrogens (tertiary/aromatic N) is 1. The lowest BCUT2D eigenvalue weighted by Gasteiger charge is -2.18. The highest BCUT2D eigenvalue weighted by Crippen LogP contribution is 2.13. The van der Waals surface area contributed by atoms with E-state index in [4.69, 9.17) is 5.73 Å². The third-order valence-corrected chi connectivity index (χ3v) is 4.11. The van der Waals surface area contributed by atoms with Crippen LogP contribution in [0.4, 0.5) is 5.69 Å². The number of thioether (sulfide) groups is 1. The van der Waals surface area contributed by atoms with Crippen LogP contribution in [-0.2, 0) is 11.3 Å². The Hall–Kier alpha value is -1.04. The van der Waals surface area contributed by atoms with Crippen molar-refractivity contribution >= 4 is 23.4 Å². The topological polar surface area (TPSA) is 58.4 Å². The summed E-state index contributed by atoms with van der Waals surface area (Å²) in [6.07, 6.45) is 2.72. The maximum Gasteiger partial charge on any atom is 0.241 e. The fourth-order valence-electron chi connectivity index (χ4n) is 2.06. The molecule has 0 spiro atoms. The summed E-state index contributed by atoms with van der Waals surface area (Å²) in [5.74, 6) is 0.792. The Labute approximate surface area is 132 Å². The van der Waals surface area contributed by atoms with Crippen molar-refractivity contribution in [3.63, 3.8) is 0 Å². The molecular weight excluding hydrogens is 282 g/mol. The quantitative estimate of drug-likeness (QED) is 0.736. The largest absolute Gasteiger partial charge is 0.325 e. The predicted molar refractivity (Wildman–Crippen MR) is 92.7 cm³/mol. The van der Waals surface area contributed by atoms with Crippen LogP contribution >= 0.6 is 11.8 Å². The van der Waals surface area contributed by atoms with Crippen molar-refractivity contribution in [3.05, 3.63) is 29.8 Å². The molecule has 0 aliphatic carbocycles. The minimum atomic E-state index is -0.441. The minimum Gasteiger partial charge on any atom is -0.325 e. The van der Waals surface area contributed by atoms with Gasteiger partial charge in [-0.15, -0.1) is 0 Å². The number of carbonyl (C=O) groups is 1. The molecule has 0 fully saturated rings. The molecule has 1 rings (SSSR count). The Morgan fingerprint density at radius 2 is 2.10 bits per heavy atom. The molecule has 0 saturated carbocycles. The molecule has 0 radical (unpaired) electrons. The molecule has 1 amide bonds. The molecule has 21 heavy (non-hydrogen) atoms. The molecule has 0 saturated heterocycles. The second-order valence-corrected chi connectivity index (χ2v) is 6.02. The average Bonchev–Trinajstić information content (AvgIpc) is 2.50. The molecule has 0 heterocycles. The zero-order valence-electron chi connectivity index (χ0n) is 13.3. The third kappa shape index (κ3) is 6.50. The van der Waals surface area contributed by atoms with Gasteiger partial charge in [0.05, 0.1) is 6.04 Å². The number of hydrogen-bond acceptors (Lipinski definition) is 4. The smallest absolute Gasteiger partial charge is 0.241 e. The van der Waals surface area contributed by atoms with Gasteiger partial charge in [0, 0.05) is 12.2 Å². The lowest BCUT2D eigenvalue weighted by Crippen LogP contribution is -2.36. The molecule has 118 valence electrons. The molecule has 3 N–H and O–H groups in total. The van der Waals surface area contributed by atoms with E-state index in [2.05, 4.69) is 30.1 Å². The van der Waals surface area contributed by atoms with Gasteiger partial charge in [0.1, 0.15) is 0 Å². The Morgan fingerprint density at radius 1 is 1.38 bits per heavy atom. The highest BCUT2D eigenvalue weighted by atomic mass is 32.2. The second-order valence-electron chi connectivity index (χ2n) is 5.04. The van der Waals surface area contributed by atoms with Crippen LogP contribution in [0.2, 0.25) is 0 Å². The van der Waals surface area contributed by atoms with Crippen molar-refractivity contribution in [2.45, 2.75) is 32.9 Å². The molecule has 1 aromatic rings. The van der Waals surface area contributed by atoms with E-state index in [1.54, 1.807) is 11.8 Å². The van der Waals surface area contributed by atoms with Crippen molar-refractivity contribution in [1.29, 1.82) is 0 Å². The normalized spacial score (nSPS) is 12.4. The number of hydrogen-bond donors (Lipinski definition) is 2. The summed E-state index contributed by atoms with van der Waals surface area (Å²) in [6.45, 7) is 7.24. The molecule has 1 atom stereocenters. The number of carbonyl (C=O) groups excluding carboxylic acids is 1. The molecule has 0 aromatic heterocycles. The standard InChI is InChI=1S/C16H27N3OS/c1-4-19(5-2)12-13-7-6-8-14(11-13)18-16(20)15(17)9-10-21-3/h6-8,11,15H,4-5,9-10,12,17H2,1-3H3,(H,18,20)/t15-/m1/s1. The number of amides is 1. The van der Waals surface area contributed by atoms with Crippen LogP contribution in [0, 0.1) is 0 Å². The zero-order valence-corrected chi connectivity index (χ0v) is 14.1. The number of nitrogens with two attached hydrogens (primary N) is 1. The van der Waals surface area contributed by atoms with Crippen LogP contribution in [0.25, 0.3) is 0 Å². The Kier molecular flexibility index (Phi) is 8.42. The first-order chi connectivity index (χ1) is 10.1. The molecule has 0 bridgehead atoms. The van der Waals surface area contributed by atoms with E-state index in [0.717, 1.165) is 31.1 Å². The average molecular weight is 309 g/mol. The van der Waals surface area contributed by atoms with E-state index in [9.17, 15) is 4.79 Å². The van der Waals surface area contributed by atoms with Gasteiger partial charge in [0.2, 0.25) is 5.91 Å². The van der Waals surface area contributed by atoms with Crippen LogP contribution in [-0.4, -0.2) is 41.9 Å². The van der Waals surface area contributed by atoms with Gasteiger partial charge in [-0.1, -0.05) is 26.0 Å². The van der Waals surface area contributed by atoms with E-state index in [-0.39, 0.29) is 5.91 Å². The molecule has 0 unspecified atom stereocenters. The number of anilines is 1. The number of rotatable bonds is 9. The zero-order chi connectivity index (χ0) is 15.7. The highest BCUT2D eigenvalue weighted by molar-refractivity contribution is 7.98. The maximum absolute atomic E-state index is 12.0. The fourth-order valence-corrected chi connectivity index (χ4v) is 2.55. The van der Waals surface area contributed by atoms with Gasteiger partial charge in [-0.05, 0) is 49.2 Å². The van der Waals surface area contributed by atoms with Crippen LogP contribution in [0.15, 0.2) is 24.3 Å². The summed E-state index contributed by atoms with van der Waals surface area (Å²) in [4.78, 5) is 14.3. The molecule has 5 heteroatoms. The summed E-state index contributed by atoms with van der Waals surface area (Å²) in [5.41, 5.74) is 7.91. The van der Waals surface area contributed by atoms with Crippen molar-refractivity contribution in [3.8, 4) is 0 Å². The fraction of sp³-hybridized carbons (Fsp3) is 0.562. The van der Waals surface area contributed by atoms with Crippen LogP contribution < -0.4 is 11.1 Å². The first kappa shape index (κ1) is 18.0. The van der Waals surface area contributed by atoms with Gasteiger partial charge in [0.15, 0.2) is 0 Å². The van der Waals surface area contributed by atoms with Gasteiger partial charge in [-0.3, -0.25) is 9.69 Å². The van der Waals surface area contributed by atoms with Crippen LogP contribution in [0.3, 0.4) is 0 Å². The Bertz CT molecular complexity index is 435. The van der Waals surface area contributed by atoms with Crippen molar-refractivity contribution in [1.82, 2.24) is 4.90 Å². The molecule has 0 aliphatic heterocycles. The van der Waals surface area contributed by atoms with Crippen molar-refractivity contribution < 1.29 is 4.79 Å². The van der Waals surface area contributed by atoms with Gasteiger partial charge < -0.3 is 11.1 Å². The van der Waals surface area contributed by atoms with Crippen LogP contribution in [0.1, 0.15) is 25.8 Å². The summed E-state index contributed by atoms with van der Waals surface area (Å²) in [5, 5.41) is 2.91. The van der Waals surface area contributed by atoms with Gasteiger partial charge in [0.25, 0.3) is 0 Å². The van der Waals surface area contributed by atoms with Gasteiger partial charge in [-0.25, -0.2) is 0 Å². The predicted octanol–water partition coefficient (Wildman–Crippen LogP) is 2.55. The molecule has 1 aromatic carbocycles. The van der Waals surface area contributed by atoms with Crippen LogP contribution in [0.5, 0.6) is 0 Å². The Morgan fingerprint density at radius 3 is 2.71 bits per heavy atom. The SMILES string of the molecule is CCN(CC)Cc1cccc(NC(=O)[C@H](N)CCSC)c1.